The zero-order valence-electron chi connectivity index (χ0n) is 13.3. The molecule has 120 valence electrons. The van der Waals surface area contributed by atoms with Gasteiger partial charge in [-0.3, -0.25) is 0 Å². The van der Waals surface area contributed by atoms with Gasteiger partial charge in [-0.15, -0.1) is 10.2 Å². The van der Waals surface area contributed by atoms with Gasteiger partial charge in [0.25, 0.3) is 5.88 Å². The van der Waals surface area contributed by atoms with Gasteiger partial charge in [0.2, 0.25) is 0 Å². The standard InChI is InChI=1S/C20H18N2O2/c1-2-18-13-19(23-14-16-9-5-3-6-10-16)20(22-21-18)24-15-17-11-7-4-8-12-17/h2-13H,1,14-15H2. The van der Waals surface area contributed by atoms with E-state index in [9.17, 15) is 0 Å². The third kappa shape index (κ3) is 4.20. The van der Waals surface area contributed by atoms with E-state index in [4.69, 9.17) is 9.47 Å². The van der Waals surface area contributed by atoms with Crippen LogP contribution in [0.5, 0.6) is 11.6 Å². The van der Waals surface area contributed by atoms with Crippen molar-refractivity contribution in [2.45, 2.75) is 13.2 Å². The van der Waals surface area contributed by atoms with Crippen LogP contribution in [0.25, 0.3) is 6.08 Å². The number of benzene rings is 2. The van der Waals surface area contributed by atoms with E-state index in [1.165, 1.54) is 0 Å². The van der Waals surface area contributed by atoms with E-state index < -0.39 is 0 Å². The van der Waals surface area contributed by atoms with Crippen molar-refractivity contribution in [1.29, 1.82) is 0 Å². The van der Waals surface area contributed by atoms with Gasteiger partial charge in [0.1, 0.15) is 13.2 Å². The van der Waals surface area contributed by atoms with Gasteiger partial charge >= 0.3 is 0 Å². The molecule has 0 amide bonds. The van der Waals surface area contributed by atoms with Gasteiger partial charge in [-0.2, -0.15) is 0 Å². The Morgan fingerprint density at radius 1 is 0.792 bits per heavy atom. The molecule has 0 bridgehead atoms. The Labute approximate surface area is 141 Å². The highest BCUT2D eigenvalue weighted by Crippen LogP contribution is 2.26. The smallest absolute Gasteiger partial charge is 0.276 e. The quantitative estimate of drug-likeness (QED) is 0.652. The molecule has 0 N–H and O–H groups in total. The zero-order valence-corrected chi connectivity index (χ0v) is 13.3. The van der Waals surface area contributed by atoms with Crippen molar-refractivity contribution in [1.82, 2.24) is 10.2 Å². The average Bonchev–Trinajstić information content (AvgIpc) is 2.66. The molecule has 4 heteroatoms. The van der Waals surface area contributed by atoms with Crippen LogP contribution in [0.3, 0.4) is 0 Å². The fraction of sp³-hybridized carbons (Fsp3) is 0.100. The van der Waals surface area contributed by atoms with Gasteiger partial charge in [-0.05, 0) is 17.2 Å². The Balaban J connectivity index is 1.74. The molecule has 24 heavy (non-hydrogen) atoms. The maximum absolute atomic E-state index is 5.88. The lowest BCUT2D eigenvalue weighted by Gasteiger charge is -2.12. The normalized spacial score (nSPS) is 10.2. The molecule has 1 heterocycles. The highest BCUT2D eigenvalue weighted by Gasteiger charge is 2.10. The minimum absolute atomic E-state index is 0.375. The van der Waals surface area contributed by atoms with E-state index in [2.05, 4.69) is 16.8 Å². The average molecular weight is 318 g/mol. The molecule has 0 unspecified atom stereocenters. The minimum atomic E-state index is 0.375. The summed E-state index contributed by atoms with van der Waals surface area (Å²) >= 11 is 0. The molecule has 3 aromatic rings. The third-order valence-corrected chi connectivity index (χ3v) is 3.41. The first-order valence-electron chi connectivity index (χ1n) is 7.69. The Morgan fingerprint density at radius 3 is 1.96 bits per heavy atom. The van der Waals surface area contributed by atoms with Crippen LogP contribution in [0.1, 0.15) is 16.8 Å². The van der Waals surface area contributed by atoms with Crippen LogP contribution >= 0.6 is 0 Å². The van der Waals surface area contributed by atoms with Crippen molar-refractivity contribution in [2.75, 3.05) is 0 Å². The lowest BCUT2D eigenvalue weighted by atomic mass is 10.2. The topological polar surface area (TPSA) is 44.2 Å². The van der Waals surface area contributed by atoms with E-state index in [1.807, 2.05) is 60.7 Å². The molecule has 0 aliphatic carbocycles. The van der Waals surface area contributed by atoms with Crippen LogP contribution in [0.4, 0.5) is 0 Å². The van der Waals surface area contributed by atoms with Crippen LogP contribution in [-0.4, -0.2) is 10.2 Å². The molecule has 0 spiro atoms. The van der Waals surface area contributed by atoms with E-state index in [1.54, 1.807) is 12.1 Å². The molecule has 3 rings (SSSR count). The van der Waals surface area contributed by atoms with Crippen LogP contribution in [0, 0.1) is 0 Å². The fourth-order valence-corrected chi connectivity index (χ4v) is 2.14. The van der Waals surface area contributed by atoms with Gasteiger partial charge in [-0.25, -0.2) is 0 Å². The molecule has 0 atom stereocenters. The van der Waals surface area contributed by atoms with Gasteiger partial charge in [-0.1, -0.05) is 67.2 Å². The SMILES string of the molecule is C=Cc1cc(OCc2ccccc2)c(OCc2ccccc2)nn1. The van der Waals surface area contributed by atoms with E-state index in [-0.39, 0.29) is 0 Å². The molecule has 4 nitrogen and oxygen atoms in total. The molecular formula is C20H18N2O2. The van der Waals surface area contributed by atoms with Crippen molar-refractivity contribution in [3.05, 3.63) is 90.1 Å². The van der Waals surface area contributed by atoms with E-state index in [0.29, 0.717) is 30.5 Å². The summed E-state index contributed by atoms with van der Waals surface area (Å²) in [7, 11) is 0. The van der Waals surface area contributed by atoms with Gasteiger partial charge in [0.15, 0.2) is 5.75 Å². The maximum atomic E-state index is 5.88. The largest absolute Gasteiger partial charge is 0.483 e. The minimum Gasteiger partial charge on any atom is -0.483 e. The summed E-state index contributed by atoms with van der Waals surface area (Å²) in [6.45, 7) is 4.56. The highest BCUT2D eigenvalue weighted by molar-refractivity contribution is 5.46. The molecule has 0 saturated heterocycles. The summed E-state index contributed by atoms with van der Waals surface area (Å²) in [5.41, 5.74) is 2.77. The van der Waals surface area contributed by atoms with Gasteiger partial charge < -0.3 is 9.47 Å². The second kappa shape index (κ2) is 7.92. The van der Waals surface area contributed by atoms with Crippen molar-refractivity contribution in [2.24, 2.45) is 0 Å². The van der Waals surface area contributed by atoms with Gasteiger partial charge in [0, 0.05) is 6.07 Å². The maximum Gasteiger partial charge on any atom is 0.276 e. The van der Waals surface area contributed by atoms with Crippen molar-refractivity contribution < 1.29 is 9.47 Å². The first-order chi connectivity index (χ1) is 11.8. The molecule has 1 aromatic heterocycles. The predicted octanol–water partition coefficient (Wildman–Crippen LogP) is 4.28. The van der Waals surface area contributed by atoms with E-state index in [0.717, 1.165) is 11.1 Å². The van der Waals surface area contributed by atoms with E-state index >= 15 is 0 Å². The number of rotatable bonds is 7. The zero-order chi connectivity index (χ0) is 16.6. The number of ether oxygens (including phenoxy) is 2. The number of aromatic nitrogens is 2. The summed E-state index contributed by atoms with van der Waals surface area (Å²) < 4.78 is 11.7. The predicted molar refractivity (Wildman–Crippen MR) is 93.7 cm³/mol. The first kappa shape index (κ1) is 15.7. The second-order valence-corrected chi connectivity index (χ2v) is 5.19. The second-order valence-electron chi connectivity index (χ2n) is 5.19. The van der Waals surface area contributed by atoms with Crippen molar-refractivity contribution in [3.63, 3.8) is 0 Å². The highest BCUT2D eigenvalue weighted by atomic mass is 16.5. The lowest BCUT2D eigenvalue weighted by Crippen LogP contribution is -2.04. The molecule has 2 aromatic carbocycles. The van der Waals surface area contributed by atoms with Crippen LogP contribution in [-0.2, 0) is 13.2 Å². The Kier molecular flexibility index (Phi) is 5.20. The van der Waals surface area contributed by atoms with Crippen LogP contribution in [0.15, 0.2) is 73.3 Å². The molecule has 0 aliphatic heterocycles. The molecular weight excluding hydrogens is 300 g/mol. The molecule has 0 saturated carbocycles. The fourth-order valence-electron chi connectivity index (χ4n) is 2.14. The molecule has 0 fully saturated rings. The summed E-state index contributed by atoms with van der Waals surface area (Å²) in [5.74, 6) is 0.931. The molecule has 0 aliphatic rings. The summed E-state index contributed by atoms with van der Waals surface area (Å²) in [4.78, 5) is 0. The number of hydrogen-bond donors (Lipinski definition) is 0. The number of nitrogens with zero attached hydrogens (tertiary/aromatic N) is 2. The summed E-state index contributed by atoms with van der Waals surface area (Å²) in [6, 6.07) is 21.6. The first-order valence-corrected chi connectivity index (χ1v) is 7.69. The van der Waals surface area contributed by atoms with Crippen molar-refractivity contribution >= 4 is 6.08 Å². The Bertz CT molecular complexity index is 789. The Hall–Kier alpha value is -3.14. The third-order valence-electron chi connectivity index (χ3n) is 3.41. The molecule has 0 radical (unpaired) electrons. The summed E-state index contributed by atoms with van der Waals surface area (Å²) in [5, 5.41) is 8.16. The van der Waals surface area contributed by atoms with Crippen LogP contribution in [0.2, 0.25) is 0 Å². The van der Waals surface area contributed by atoms with Crippen molar-refractivity contribution in [3.8, 4) is 11.6 Å². The van der Waals surface area contributed by atoms with Crippen LogP contribution < -0.4 is 9.47 Å². The monoisotopic (exact) mass is 318 g/mol. The summed E-state index contributed by atoms with van der Waals surface area (Å²) in [6.07, 6.45) is 1.63. The number of hydrogen-bond acceptors (Lipinski definition) is 4. The Morgan fingerprint density at radius 2 is 1.38 bits per heavy atom. The van der Waals surface area contributed by atoms with Gasteiger partial charge in [0.05, 0.1) is 5.69 Å². The lowest BCUT2D eigenvalue weighted by molar-refractivity contribution is 0.244.